The van der Waals surface area contributed by atoms with E-state index >= 15 is 0 Å². The van der Waals surface area contributed by atoms with Crippen LogP contribution in [0.1, 0.15) is 25.3 Å². The van der Waals surface area contributed by atoms with Gasteiger partial charge in [0.05, 0.1) is 12.0 Å². The lowest BCUT2D eigenvalue weighted by atomic mass is 9.94. The summed E-state index contributed by atoms with van der Waals surface area (Å²) in [6, 6.07) is 17.1. The lowest BCUT2D eigenvalue weighted by Crippen LogP contribution is -1.92. The zero-order valence-electron chi connectivity index (χ0n) is 14.1. The van der Waals surface area contributed by atoms with Crippen LogP contribution in [-0.2, 0) is 0 Å². The molecule has 0 aliphatic heterocycles. The first-order valence-corrected chi connectivity index (χ1v) is 9.38. The molecule has 25 heavy (non-hydrogen) atoms. The van der Waals surface area contributed by atoms with Crippen LogP contribution < -0.4 is 0 Å². The van der Waals surface area contributed by atoms with Gasteiger partial charge in [-0.15, -0.1) is 11.3 Å². The van der Waals surface area contributed by atoms with E-state index in [1.807, 2.05) is 6.07 Å². The number of pyridine rings is 1. The van der Waals surface area contributed by atoms with Crippen LogP contribution in [0.2, 0.25) is 0 Å². The molecule has 0 N–H and O–H groups in total. The molecular weight excluding hydrogens is 326 g/mol. The number of thiophene rings is 1. The number of aromatic nitrogens is 1. The lowest BCUT2D eigenvalue weighted by Gasteiger charge is -2.12. The van der Waals surface area contributed by atoms with Crippen molar-refractivity contribution in [2.75, 3.05) is 0 Å². The van der Waals surface area contributed by atoms with Crippen molar-refractivity contribution in [3.05, 3.63) is 65.7 Å². The van der Waals surface area contributed by atoms with E-state index in [0.29, 0.717) is 5.92 Å². The molecule has 122 valence electrons. The normalized spacial score (nSPS) is 12.0. The average molecular weight is 343 g/mol. The topological polar surface area (TPSA) is 26.0 Å². The van der Waals surface area contributed by atoms with Crippen molar-refractivity contribution >= 4 is 43.3 Å². The molecule has 2 nitrogen and oxygen atoms in total. The van der Waals surface area contributed by atoms with Crippen LogP contribution in [0.3, 0.4) is 0 Å². The van der Waals surface area contributed by atoms with E-state index in [1.165, 1.54) is 21.2 Å². The van der Waals surface area contributed by atoms with E-state index in [1.54, 1.807) is 17.6 Å². The maximum atomic E-state index is 5.68. The molecule has 3 heteroatoms. The molecule has 0 radical (unpaired) electrons. The van der Waals surface area contributed by atoms with Crippen molar-refractivity contribution in [2.45, 2.75) is 19.8 Å². The van der Waals surface area contributed by atoms with Gasteiger partial charge in [-0.3, -0.25) is 0 Å². The summed E-state index contributed by atoms with van der Waals surface area (Å²) in [5.41, 5.74) is 5.36. The van der Waals surface area contributed by atoms with Gasteiger partial charge in [0.2, 0.25) is 0 Å². The Balaban J connectivity index is 1.90. The van der Waals surface area contributed by atoms with E-state index in [2.05, 4.69) is 61.7 Å². The highest BCUT2D eigenvalue weighted by molar-refractivity contribution is 7.17. The summed E-state index contributed by atoms with van der Waals surface area (Å²) in [4.78, 5) is 4.94. The number of benzene rings is 2. The number of furan rings is 1. The van der Waals surface area contributed by atoms with E-state index < -0.39 is 0 Å². The second-order valence-corrected chi connectivity index (χ2v) is 7.64. The van der Waals surface area contributed by atoms with Gasteiger partial charge in [0, 0.05) is 27.1 Å². The van der Waals surface area contributed by atoms with Gasteiger partial charge in [-0.1, -0.05) is 38.1 Å². The van der Waals surface area contributed by atoms with Crippen LogP contribution in [0.5, 0.6) is 0 Å². The molecule has 0 aliphatic rings. The quantitative estimate of drug-likeness (QED) is 0.345. The monoisotopic (exact) mass is 343 g/mol. The minimum atomic E-state index is 0.473. The molecule has 0 spiro atoms. The molecule has 3 aromatic heterocycles. The Hall–Kier alpha value is -2.65. The molecule has 0 unspecified atom stereocenters. The molecule has 0 fully saturated rings. The first-order chi connectivity index (χ1) is 12.2. The Kier molecular flexibility index (Phi) is 3.19. The Morgan fingerprint density at radius 1 is 0.960 bits per heavy atom. The van der Waals surface area contributed by atoms with Crippen LogP contribution >= 0.6 is 11.3 Å². The van der Waals surface area contributed by atoms with E-state index in [-0.39, 0.29) is 0 Å². The SMILES string of the molecule is CC(C)c1cc(-c2nc3ccoc3c3ccccc23)cc2sccc12. The molecule has 3 heterocycles. The summed E-state index contributed by atoms with van der Waals surface area (Å²) < 4.78 is 7.00. The van der Waals surface area contributed by atoms with Crippen molar-refractivity contribution in [1.82, 2.24) is 4.98 Å². The Morgan fingerprint density at radius 3 is 2.64 bits per heavy atom. The third-order valence-electron chi connectivity index (χ3n) is 4.80. The molecule has 5 rings (SSSR count). The van der Waals surface area contributed by atoms with Crippen LogP contribution in [0.25, 0.3) is 43.2 Å². The van der Waals surface area contributed by atoms with Gasteiger partial charge in [0.15, 0.2) is 5.58 Å². The third-order valence-corrected chi connectivity index (χ3v) is 5.67. The molecule has 0 saturated heterocycles. The van der Waals surface area contributed by atoms with Crippen molar-refractivity contribution in [1.29, 1.82) is 0 Å². The van der Waals surface area contributed by atoms with Crippen LogP contribution in [0.15, 0.2) is 64.6 Å². The summed E-state index contributed by atoms with van der Waals surface area (Å²) in [7, 11) is 0. The van der Waals surface area contributed by atoms with Crippen LogP contribution in [-0.4, -0.2) is 4.98 Å². The molecule has 0 amide bonds. The van der Waals surface area contributed by atoms with Gasteiger partial charge in [0.25, 0.3) is 0 Å². The smallest absolute Gasteiger partial charge is 0.160 e. The number of hydrogen-bond donors (Lipinski definition) is 0. The minimum absolute atomic E-state index is 0.473. The van der Waals surface area contributed by atoms with E-state index in [4.69, 9.17) is 9.40 Å². The Morgan fingerprint density at radius 2 is 1.80 bits per heavy atom. The Bertz CT molecular complexity index is 1230. The van der Waals surface area contributed by atoms with E-state index in [9.17, 15) is 0 Å². The number of rotatable bonds is 2. The maximum absolute atomic E-state index is 5.68. The molecule has 0 atom stereocenters. The second-order valence-electron chi connectivity index (χ2n) is 6.69. The second kappa shape index (κ2) is 5.43. The van der Waals surface area contributed by atoms with Gasteiger partial charge in [-0.25, -0.2) is 4.98 Å². The highest BCUT2D eigenvalue weighted by atomic mass is 32.1. The van der Waals surface area contributed by atoms with Gasteiger partial charge in [-0.05, 0) is 40.4 Å². The zero-order valence-corrected chi connectivity index (χ0v) is 14.9. The largest absolute Gasteiger partial charge is 0.462 e. The molecular formula is C22H17NOS. The predicted octanol–water partition coefficient (Wildman–Crippen LogP) is 6.99. The van der Waals surface area contributed by atoms with Crippen molar-refractivity contribution < 1.29 is 4.42 Å². The highest BCUT2D eigenvalue weighted by Crippen LogP contribution is 2.38. The summed E-state index contributed by atoms with van der Waals surface area (Å²) in [5, 5.41) is 5.78. The summed E-state index contributed by atoms with van der Waals surface area (Å²) >= 11 is 1.79. The van der Waals surface area contributed by atoms with Crippen molar-refractivity contribution in [2.24, 2.45) is 0 Å². The Labute approximate surface area is 149 Å². The zero-order chi connectivity index (χ0) is 17.0. The first kappa shape index (κ1) is 14.7. The minimum Gasteiger partial charge on any atom is -0.462 e. The molecule has 0 bridgehead atoms. The highest BCUT2D eigenvalue weighted by Gasteiger charge is 2.15. The summed E-state index contributed by atoms with van der Waals surface area (Å²) in [6.45, 7) is 4.50. The number of hydrogen-bond acceptors (Lipinski definition) is 3. The van der Waals surface area contributed by atoms with Crippen LogP contribution in [0.4, 0.5) is 0 Å². The summed E-state index contributed by atoms with van der Waals surface area (Å²) in [5.74, 6) is 0.473. The molecule has 2 aromatic carbocycles. The van der Waals surface area contributed by atoms with Gasteiger partial charge in [0.1, 0.15) is 5.52 Å². The van der Waals surface area contributed by atoms with Gasteiger partial charge >= 0.3 is 0 Å². The lowest BCUT2D eigenvalue weighted by molar-refractivity contribution is 0.619. The van der Waals surface area contributed by atoms with E-state index in [0.717, 1.165) is 27.6 Å². The molecule has 0 saturated carbocycles. The van der Waals surface area contributed by atoms with Crippen molar-refractivity contribution in [3.63, 3.8) is 0 Å². The average Bonchev–Trinajstić information content (AvgIpc) is 3.28. The van der Waals surface area contributed by atoms with Crippen molar-refractivity contribution in [3.8, 4) is 11.3 Å². The van der Waals surface area contributed by atoms with Crippen LogP contribution in [0, 0.1) is 0 Å². The fourth-order valence-electron chi connectivity index (χ4n) is 3.59. The number of nitrogens with zero attached hydrogens (tertiary/aromatic N) is 1. The van der Waals surface area contributed by atoms with Gasteiger partial charge < -0.3 is 4.42 Å². The fourth-order valence-corrected chi connectivity index (χ4v) is 4.45. The van der Waals surface area contributed by atoms with Gasteiger partial charge in [-0.2, -0.15) is 0 Å². The number of fused-ring (bicyclic) bond motifs is 4. The maximum Gasteiger partial charge on any atom is 0.160 e. The molecule has 5 aromatic rings. The summed E-state index contributed by atoms with van der Waals surface area (Å²) in [6.07, 6.45) is 1.72. The molecule has 0 aliphatic carbocycles. The first-order valence-electron chi connectivity index (χ1n) is 8.50. The fraction of sp³-hybridized carbons (Fsp3) is 0.136. The third kappa shape index (κ3) is 2.19. The predicted molar refractivity (Wildman–Crippen MR) is 106 cm³/mol. The standard InChI is InChI=1S/C22H17NOS/c1-13(2)18-11-14(12-20-15(18)8-10-25-20)21-16-5-3-4-6-17(16)22-19(23-21)7-9-24-22/h3-13H,1-2H3.